The number of benzene rings is 1. The van der Waals surface area contributed by atoms with E-state index in [1.807, 2.05) is 0 Å². The molecule has 1 aromatic carbocycles. The average Bonchev–Trinajstić information content (AvgIpc) is 2.40. The first-order chi connectivity index (χ1) is 8.68. The van der Waals surface area contributed by atoms with Gasteiger partial charge >= 0.3 is 0 Å². The zero-order valence-corrected chi connectivity index (χ0v) is 9.92. The molecular formula is C13H15F2NO2. The van der Waals surface area contributed by atoms with Crippen LogP contribution in [-0.2, 0) is 4.74 Å². The van der Waals surface area contributed by atoms with Crippen LogP contribution in [0.15, 0.2) is 18.2 Å². The molecule has 3 nitrogen and oxygen atoms in total. The van der Waals surface area contributed by atoms with Crippen LogP contribution in [0.5, 0.6) is 0 Å². The molecule has 0 saturated carbocycles. The van der Waals surface area contributed by atoms with Crippen molar-refractivity contribution < 1.29 is 18.3 Å². The van der Waals surface area contributed by atoms with Gasteiger partial charge in [-0.2, -0.15) is 0 Å². The van der Waals surface area contributed by atoms with E-state index in [1.54, 1.807) is 0 Å². The average molecular weight is 255 g/mol. The molecule has 1 N–H and O–H groups in total. The molecule has 0 spiro atoms. The molecule has 1 aromatic rings. The Kier molecular flexibility index (Phi) is 4.25. The highest BCUT2D eigenvalue weighted by Crippen LogP contribution is 2.14. The van der Waals surface area contributed by atoms with Gasteiger partial charge in [0.05, 0.1) is 12.2 Å². The van der Waals surface area contributed by atoms with Crippen molar-refractivity contribution in [2.45, 2.75) is 12.8 Å². The van der Waals surface area contributed by atoms with Crippen molar-refractivity contribution in [2.24, 2.45) is 5.92 Å². The summed E-state index contributed by atoms with van der Waals surface area (Å²) in [6.07, 6.45) is 1.95. The standard InChI is InChI=1S/C13H15F2NO2/c14-11-5-1-4-10(12(11)15)13(17)16-7-9-3-2-6-18-8-9/h1,4-5,9H,2-3,6-8H2,(H,16,17). The summed E-state index contributed by atoms with van der Waals surface area (Å²) in [7, 11) is 0. The summed E-state index contributed by atoms with van der Waals surface area (Å²) in [4.78, 5) is 11.7. The van der Waals surface area contributed by atoms with E-state index in [0.29, 0.717) is 13.2 Å². The third kappa shape index (κ3) is 3.04. The van der Waals surface area contributed by atoms with Crippen LogP contribution < -0.4 is 5.32 Å². The van der Waals surface area contributed by atoms with Crippen LogP contribution in [0.3, 0.4) is 0 Å². The molecule has 1 fully saturated rings. The minimum Gasteiger partial charge on any atom is -0.381 e. The Hall–Kier alpha value is -1.49. The van der Waals surface area contributed by atoms with Gasteiger partial charge in [-0.15, -0.1) is 0 Å². The summed E-state index contributed by atoms with van der Waals surface area (Å²) in [5.41, 5.74) is -0.258. The first kappa shape index (κ1) is 13.0. The van der Waals surface area contributed by atoms with Crippen LogP contribution in [0.1, 0.15) is 23.2 Å². The smallest absolute Gasteiger partial charge is 0.254 e. The second-order valence-corrected chi connectivity index (χ2v) is 4.39. The lowest BCUT2D eigenvalue weighted by Crippen LogP contribution is -2.33. The number of rotatable bonds is 3. The van der Waals surface area contributed by atoms with Crippen molar-refractivity contribution in [1.82, 2.24) is 5.32 Å². The van der Waals surface area contributed by atoms with Crippen molar-refractivity contribution in [3.05, 3.63) is 35.4 Å². The van der Waals surface area contributed by atoms with E-state index in [2.05, 4.69) is 5.32 Å². The van der Waals surface area contributed by atoms with Crippen molar-refractivity contribution in [3.63, 3.8) is 0 Å². The number of ether oxygens (including phenoxy) is 1. The van der Waals surface area contributed by atoms with Gasteiger partial charge in [0.2, 0.25) is 0 Å². The van der Waals surface area contributed by atoms with Crippen molar-refractivity contribution in [1.29, 1.82) is 0 Å². The lowest BCUT2D eigenvalue weighted by atomic mass is 10.0. The minimum absolute atomic E-state index is 0.249. The van der Waals surface area contributed by atoms with Crippen LogP contribution in [0, 0.1) is 17.6 Å². The molecule has 1 heterocycles. The topological polar surface area (TPSA) is 38.3 Å². The molecule has 0 bridgehead atoms. The van der Waals surface area contributed by atoms with Gasteiger partial charge in [-0.1, -0.05) is 6.07 Å². The second-order valence-electron chi connectivity index (χ2n) is 4.39. The summed E-state index contributed by atoms with van der Waals surface area (Å²) >= 11 is 0. The zero-order valence-electron chi connectivity index (χ0n) is 9.92. The van der Waals surface area contributed by atoms with Crippen LogP contribution in [0.4, 0.5) is 8.78 Å². The van der Waals surface area contributed by atoms with E-state index in [1.165, 1.54) is 12.1 Å². The van der Waals surface area contributed by atoms with E-state index in [0.717, 1.165) is 25.5 Å². The number of carbonyl (C=O) groups excluding carboxylic acids is 1. The predicted molar refractivity (Wildman–Crippen MR) is 62.2 cm³/mol. The summed E-state index contributed by atoms with van der Waals surface area (Å²) in [6.45, 7) is 1.78. The molecule has 18 heavy (non-hydrogen) atoms. The number of halogens is 2. The van der Waals surface area contributed by atoms with Crippen LogP contribution in [0.2, 0.25) is 0 Å². The van der Waals surface area contributed by atoms with Gasteiger partial charge in [0.15, 0.2) is 11.6 Å². The third-order valence-electron chi connectivity index (χ3n) is 3.00. The Labute approximate surface area is 104 Å². The van der Waals surface area contributed by atoms with Gasteiger partial charge in [-0.25, -0.2) is 8.78 Å². The molecule has 1 atom stereocenters. The number of amides is 1. The highest BCUT2D eigenvalue weighted by Gasteiger charge is 2.18. The van der Waals surface area contributed by atoms with Gasteiger partial charge in [0, 0.05) is 13.2 Å². The van der Waals surface area contributed by atoms with Crippen LogP contribution >= 0.6 is 0 Å². The number of hydrogen-bond donors (Lipinski definition) is 1. The minimum atomic E-state index is -1.10. The summed E-state index contributed by atoms with van der Waals surface area (Å²) < 4.78 is 31.6. The van der Waals surface area contributed by atoms with E-state index in [-0.39, 0.29) is 11.5 Å². The van der Waals surface area contributed by atoms with Crippen molar-refractivity contribution in [2.75, 3.05) is 19.8 Å². The quantitative estimate of drug-likeness (QED) is 0.898. The first-order valence-corrected chi connectivity index (χ1v) is 5.98. The summed E-state index contributed by atoms with van der Waals surface area (Å²) in [5, 5.41) is 2.61. The van der Waals surface area contributed by atoms with Gasteiger partial charge in [-0.05, 0) is 30.9 Å². The zero-order chi connectivity index (χ0) is 13.0. The molecule has 1 aliphatic rings. The van der Waals surface area contributed by atoms with Gasteiger partial charge in [0.1, 0.15) is 0 Å². The van der Waals surface area contributed by atoms with E-state index >= 15 is 0 Å². The molecule has 0 radical (unpaired) electrons. The largest absolute Gasteiger partial charge is 0.381 e. The molecule has 1 unspecified atom stereocenters. The molecule has 5 heteroatoms. The molecule has 1 amide bonds. The lowest BCUT2D eigenvalue weighted by molar-refractivity contribution is 0.0536. The van der Waals surface area contributed by atoms with Gasteiger partial charge in [-0.3, -0.25) is 4.79 Å². The van der Waals surface area contributed by atoms with Crippen LogP contribution in [-0.4, -0.2) is 25.7 Å². The van der Waals surface area contributed by atoms with E-state index in [4.69, 9.17) is 4.74 Å². The fraction of sp³-hybridized carbons (Fsp3) is 0.462. The fourth-order valence-electron chi connectivity index (χ4n) is 1.98. The highest BCUT2D eigenvalue weighted by atomic mass is 19.2. The summed E-state index contributed by atoms with van der Waals surface area (Å²) in [6, 6.07) is 3.57. The molecule has 0 aromatic heterocycles. The molecule has 1 saturated heterocycles. The lowest BCUT2D eigenvalue weighted by Gasteiger charge is -2.22. The van der Waals surface area contributed by atoms with E-state index in [9.17, 15) is 13.6 Å². The van der Waals surface area contributed by atoms with Gasteiger partial charge < -0.3 is 10.1 Å². The number of carbonyl (C=O) groups is 1. The molecule has 2 rings (SSSR count). The Bertz CT molecular complexity index is 431. The Morgan fingerprint density at radius 1 is 1.44 bits per heavy atom. The Morgan fingerprint density at radius 3 is 3.00 bits per heavy atom. The third-order valence-corrected chi connectivity index (χ3v) is 3.00. The highest BCUT2D eigenvalue weighted by molar-refractivity contribution is 5.94. The molecule has 0 aliphatic carbocycles. The second kappa shape index (κ2) is 5.91. The maximum Gasteiger partial charge on any atom is 0.254 e. The fourth-order valence-corrected chi connectivity index (χ4v) is 1.98. The monoisotopic (exact) mass is 255 g/mol. The van der Waals surface area contributed by atoms with Crippen molar-refractivity contribution in [3.8, 4) is 0 Å². The Morgan fingerprint density at radius 2 is 2.28 bits per heavy atom. The van der Waals surface area contributed by atoms with E-state index < -0.39 is 17.5 Å². The summed E-state index contributed by atoms with van der Waals surface area (Å²) in [5.74, 6) is -2.45. The molecule has 98 valence electrons. The van der Waals surface area contributed by atoms with Crippen LogP contribution in [0.25, 0.3) is 0 Å². The molecular weight excluding hydrogens is 240 g/mol. The predicted octanol–water partition coefficient (Wildman–Crippen LogP) is 2.12. The molecule has 1 aliphatic heterocycles. The number of hydrogen-bond acceptors (Lipinski definition) is 2. The Balaban J connectivity index is 1.93. The van der Waals surface area contributed by atoms with Gasteiger partial charge in [0.25, 0.3) is 5.91 Å². The normalized spacial score (nSPS) is 19.6. The maximum atomic E-state index is 13.4. The SMILES string of the molecule is O=C(NCC1CCCOC1)c1cccc(F)c1F. The van der Waals surface area contributed by atoms with Crippen molar-refractivity contribution >= 4 is 5.91 Å². The first-order valence-electron chi connectivity index (χ1n) is 5.98. The number of nitrogens with one attached hydrogen (secondary N) is 1. The maximum absolute atomic E-state index is 13.4.